The minimum atomic E-state index is -0.747. The number of carboxylic acids is 1. The van der Waals surface area contributed by atoms with Crippen LogP contribution >= 0.6 is 0 Å². The first kappa shape index (κ1) is 15.5. The topological polar surface area (TPSA) is 49.8 Å². The van der Waals surface area contributed by atoms with E-state index in [1.54, 1.807) is 7.11 Å². The van der Waals surface area contributed by atoms with E-state index in [1.807, 2.05) is 6.07 Å². The lowest BCUT2D eigenvalue weighted by molar-refractivity contribution is -0.137. The van der Waals surface area contributed by atoms with Crippen molar-refractivity contribution in [1.29, 1.82) is 0 Å². The molecule has 1 rings (SSSR count). The van der Waals surface area contributed by atoms with Crippen LogP contribution in [0.2, 0.25) is 0 Å². The van der Waals surface area contributed by atoms with E-state index in [1.165, 1.54) is 5.56 Å². The van der Waals surface area contributed by atoms with E-state index in [4.69, 9.17) is 9.84 Å². The van der Waals surface area contributed by atoms with Crippen molar-refractivity contribution in [2.75, 3.05) is 27.7 Å². The zero-order chi connectivity index (χ0) is 14.3. The number of carbonyl (C=O) groups is 1. The van der Waals surface area contributed by atoms with Gasteiger partial charge < -0.3 is 14.7 Å². The Morgan fingerprint density at radius 1 is 1.32 bits per heavy atom. The Labute approximate surface area is 115 Å². The summed E-state index contributed by atoms with van der Waals surface area (Å²) in [6.07, 6.45) is 2.57. The second kappa shape index (κ2) is 7.79. The summed E-state index contributed by atoms with van der Waals surface area (Å²) in [7, 11) is 5.75. The molecule has 1 N–H and O–H groups in total. The van der Waals surface area contributed by atoms with E-state index in [0.29, 0.717) is 6.42 Å². The van der Waals surface area contributed by atoms with E-state index in [-0.39, 0.29) is 6.42 Å². The van der Waals surface area contributed by atoms with Crippen molar-refractivity contribution in [3.63, 3.8) is 0 Å². The summed E-state index contributed by atoms with van der Waals surface area (Å²) in [5.74, 6) is 0.0988. The fraction of sp³-hybridized carbons (Fsp3) is 0.533. The van der Waals surface area contributed by atoms with E-state index < -0.39 is 5.97 Å². The van der Waals surface area contributed by atoms with Crippen LogP contribution in [0, 0.1) is 0 Å². The molecule has 1 aromatic rings. The number of hydrogen-bond acceptors (Lipinski definition) is 3. The standard InChI is InChI=1S/C15H23NO3/c1-16(2)10-9-12-7-8-14(19-3)13(11-12)5-4-6-15(17)18/h7-8,11H,4-6,9-10H2,1-3H3,(H,17,18). The average Bonchev–Trinajstić information content (AvgIpc) is 2.36. The van der Waals surface area contributed by atoms with Crippen LogP contribution in [0.25, 0.3) is 0 Å². The molecule has 0 aromatic heterocycles. The number of aliphatic carboxylic acids is 1. The average molecular weight is 265 g/mol. The summed E-state index contributed by atoms with van der Waals surface area (Å²) in [6, 6.07) is 6.17. The second-order valence-corrected chi connectivity index (χ2v) is 4.95. The highest BCUT2D eigenvalue weighted by molar-refractivity contribution is 5.66. The molecule has 19 heavy (non-hydrogen) atoms. The number of benzene rings is 1. The third-order valence-corrected chi connectivity index (χ3v) is 3.03. The van der Waals surface area contributed by atoms with Gasteiger partial charge in [0, 0.05) is 13.0 Å². The predicted molar refractivity (Wildman–Crippen MR) is 75.8 cm³/mol. The molecule has 0 saturated heterocycles. The molecule has 0 aliphatic rings. The number of hydrogen-bond donors (Lipinski definition) is 1. The van der Waals surface area contributed by atoms with Gasteiger partial charge in [-0.3, -0.25) is 4.79 Å². The molecule has 0 aliphatic carbocycles. The molecule has 0 unspecified atom stereocenters. The molecule has 0 radical (unpaired) electrons. The molecule has 0 aliphatic heterocycles. The lowest BCUT2D eigenvalue weighted by atomic mass is 10.0. The minimum absolute atomic E-state index is 0.199. The van der Waals surface area contributed by atoms with Gasteiger partial charge >= 0.3 is 5.97 Å². The van der Waals surface area contributed by atoms with Crippen molar-refractivity contribution in [3.8, 4) is 5.75 Å². The molecule has 0 spiro atoms. The van der Waals surface area contributed by atoms with Crippen LogP contribution in [0.15, 0.2) is 18.2 Å². The Morgan fingerprint density at radius 2 is 2.05 bits per heavy atom. The van der Waals surface area contributed by atoms with Gasteiger partial charge in [0.1, 0.15) is 5.75 Å². The first-order valence-corrected chi connectivity index (χ1v) is 6.55. The van der Waals surface area contributed by atoms with Crippen molar-refractivity contribution < 1.29 is 14.6 Å². The molecule has 4 heteroatoms. The van der Waals surface area contributed by atoms with Crippen molar-refractivity contribution in [2.24, 2.45) is 0 Å². The molecule has 106 valence electrons. The molecule has 0 heterocycles. The lowest BCUT2D eigenvalue weighted by Gasteiger charge is -2.13. The predicted octanol–water partition coefficient (Wildman–Crippen LogP) is 2.21. The Hall–Kier alpha value is -1.55. The Balaban J connectivity index is 2.69. The van der Waals surface area contributed by atoms with E-state index in [2.05, 4.69) is 31.1 Å². The van der Waals surface area contributed by atoms with Crippen molar-refractivity contribution in [1.82, 2.24) is 4.90 Å². The first-order chi connectivity index (χ1) is 9.02. The number of rotatable bonds is 8. The van der Waals surface area contributed by atoms with Crippen LogP contribution < -0.4 is 4.74 Å². The third kappa shape index (κ3) is 5.75. The summed E-state index contributed by atoms with van der Waals surface area (Å²) >= 11 is 0. The number of likely N-dealkylation sites (N-methyl/N-ethyl adjacent to an activating group) is 1. The van der Waals surface area contributed by atoms with Gasteiger partial charge in [0.15, 0.2) is 0 Å². The van der Waals surface area contributed by atoms with Crippen LogP contribution in [0.3, 0.4) is 0 Å². The van der Waals surface area contributed by atoms with Gasteiger partial charge in [-0.1, -0.05) is 12.1 Å². The zero-order valence-electron chi connectivity index (χ0n) is 12.0. The monoisotopic (exact) mass is 265 g/mol. The molecule has 1 aromatic carbocycles. The van der Waals surface area contributed by atoms with Crippen molar-refractivity contribution in [3.05, 3.63) is 29.3 Å². The summed E-state index contributed by atoms with van der Waals surface area (Å²) in [5, 5.41) is 8.68. The largest absolute Gasteiger partial charge is 0.496 e. The molecule has 4 nitrogen and oxygen atoms in total. The maximum Gasteiger partial charge on any atom is 0.303 e. The Morgan fingerprint density at radius 3 is 2.63 bits per heavy atom. The van der Waals surface area contributed by atoms with Crippen LogP contribution in [0.5, 0.6) is 5.75 Å². The van der Waals surface area contributed by atoms with Crippen molar-refractivity contribution in [2.45, 2.75) is 25.7 Å². The van der Waals surface area contributed by atoms with Gasteiger partial charge in [0.25, 0.3) is 0 Å². The minimum Gasteiger partial charge on any atom is -0.496 e. The van der Waals surface area contributed by atoms with Crippen LogP contribution in [-0.2, 0) is 17.6 Å². The van der Waals surface area contributed by atoms with Crippen LogP contribution in [0.1, 0.15) is 24.0 Å². The summed E-state index contributed by atoms with van der Waals surface area (Å²) in [6.45, 7) is 1.00. The highest BCUT2D eigenvalue weighted by Gasteiger charge is 2.06. The zero-order valence-corrected chi connectivity index (χ0v) is 12.0. The van der Waals surface area contributed by atoms with Gasteiger partial charge in [-0.05, 0) is 50.6 Å². The Kier molecular flexibility index (Phi) is 6.36. The van der Waals surface area contributed by atoms with Gasteiger partial charge in [0.2, 0.25) is 0 Å². The number of carboxylic acid groups (broad SMARTS) is 1. The van der Waals surface area contributed by atoms with E-state index >= 15 is 0 Å². The summed E-state index contributed by atoms with van der Waals surface area (Å²) in [5.41, 5.74) is 2.36. The molecular weight excluding hydrogens is 242 g/mol. The molecular formula is C15H23NO3. The van der Waals surface area contributed by atoms with E-state index in [0.717, 1.165) is 30.7 Å². The third-order valence-electron chi connectivity index (χ3n) is 3.03. The van der Waals surface area contributed by atoms with Gasteiger partial charge in [-0.2, -0.15) is 0 Å². The van der Waals surface area contributed by atoms with Crippen molar-refractivity contribution >= 4 is 5.97 Å². The SMILES string of the molecule is COc1ccc(CCN(C)C)cc1CCCC(=O)O. The first-order valence-electron chi connectivity index (χ1n) is 6.55. The molecule has 0 bridgehead atoms. The number of nitrogens with zero attached hydrogens (tertiary/aromatic N) is 1. The second-order valence-electron chi connectivity index (χ2n) is 4.95. The maximum atomic E-state index is 10.6. The van der Waals surface area contributed by atoms with Gasteiger partial charge in [-0.25, -0.2) is 0 Å². The smallest absolute Gasteiger partial charge is 0.303 e. The van der Waals surface area contributed by atoms with E-state index in [9.17, 15) is 4.79 Å². The molecule has 0 fully saturated rings. The Bertz CT molecular complexity index is 416. The van der Waals surface area contributed by atoms with Crippen LogP contribution in [-0.4, -0.2) is 43.7 Å². The highest BCUT2D eigenvalue weighted by atomic mass is 16.5. The van der Waals surface area contributed by atoms with Gasteiger partial charge in [0.05, 0.1) is 7.11 Å². The fourth-order valence-electron chi connectivity index (χ4n) is 1.97. The maximum absolute atomic E-state index is 10.6. The van der Waals surface area contributed by atoms with Gasteiger partial charge in [-0.15, -0.1) is 0 Å². The molecule has 0 atom stereocenters. The number of ether oxygens (including phenoxy) is 1. The van der Waals surface area contributed by atoms with Crippen LogP contribution in [0.4, 0.5) is 0 Å². The quantitative estimate of drug-likeness (QED) is 0.783. The normalized spacial score (nSPS) is 10.7. The molecule has 0 saturated carbocycles. The highest BCUT2D eigenvalue weighted by Crippen LogP contribution is 2.22. The number of methoxy groups -OCH3 is 1. The summed E-state index contributed by atoms with van der Waals surface area (Å²) in [4.78, 5) is 12.7. The number of aryl methyl sites for hydroxylation is 1. The summed E-state index contributed by atoms with van der Waals surface area (Å²) < 4.78 is 5.33. The lowest BCUT2D eigenvalue weighted by Crippen LogP contribution is -2.15. The fourth-order valence-corrected chi connectivity index (χ4v) is 1.97. The molecule has 0 amide bonds.